The van der Waals surface area contributed by atoms with Crippen molar-refractivity contribution in [1.82, 2.24) is 4.90 Å². The minimum absolute atomic E-state index is 0.00958. The lowest BCUT2D eigenvalue weighted by Gasteiger charge is -2.25. The van der Waals surface area contributed by atoms with Gasteiger partial charge in [0.25, 0.3) is 5.91 Å². The van der Waals surface area contributed by atoms with Crippen LogP contribution < -0.4 is 0 Å². The van der Waals surface area contributed by atoms with Gasteiger partial charge < -0.3 is 4.90 Å². The fraction of sp³-hybridized carbons (Fsp3) is 0.250. The lowest BCUT2D eigenvalue weighted by atomic mass is 9.99. The van der Waals surface area contributed by atoms with Crippen molar-refractivity contribution in [1.29, 1.82) is 0 Å². The molecule has 3 rings (SSSR count). The van der Waals surface area contributed by atoms with Crippen LogP contribution in [0.1, 0.15) is 17.5 Å². The van der Waals surface area contributed by atoms with E-state index in [9.17, 15) is 22.8 Å². The zero-order valence-electron chi connectivity index (χ0n) is 11.4. The minimum Gasteiger partial charge on any atom is -0.324 e. The Bertz CT molecular complexity index is 704. The Morgan fingerprint density at radius 3 is 2.73 bits per heavy atom. The van der Waals surface area contributed by atoms with Gasteiger partial charge >= 0.3 is 6.18 Å². The van der Waals surface area contributed by atoms with Crippen molar-refractivity contribution in [3.63, 3.8) is 0 Å². The van der Waals surface area contributed by atoms with Gasteiger partial charge in [-0.2, -0.15) is 13.2 Å². The van der Waals surface area contributed by atoms with Crippen LogP contribution in [0.3, 0.4) is 0 Å². The number of hydrogen-bond acceptors (Lipinski definition) is 2. The molecule has 3 nitrogen and oxygen atoms in total. The molecule has 0 radical (unpaired) electrons. The lowest BCUT2D eigenvalue weighted by Crippen LogP contribution is -2.33. The predicted molar refractivity (Wildman–Crippen MR) is 72.6 cm³/mol. The number of rotatable bonds is 2. The number of amides is 1. The zero-order chi connectivity index (χ0) is 15.9. The van der Waals surface area contributed by atoms with Crippen molar-refractivity contribution in [3.8, 4) is 0 Å². The van der Waals surface area contributed by atoms with Crippen molar-refractivity contribution in [3.05, 3.63) is 59.2 Å². The van der Waals surface area contributed by atoms with Crippen LogP contribution in [0.5, 0.6) is 0 Å². The summed E-state index contributed by atoms with van der Waals surface area (Å²) in [4.78, 5) is 25.3. The van der Waals surface area contributed by atoms with Crippen molar-refractivity contribution in [2.24, 2.45) is 0 Å². The third-order valence-electron chi connectivity index (χ3n) is 3.83. The van der Waals surface area contributed by atoms with Crippen molar-refractivity contribution in [2.75, 3.05) is 0 Å². The van der Waals surface area contributed by atoms with Gasteiger partial charge in [-0.1, -0.05) is 30.4 Å². The summed E-state index contributed by atoms with van der Waals surface area (Å²) < 4.78 is 38.2. The molecule has 0 N–H and O–H groups in total. The van der Waals surface area contributed by atoms with Gasteiger partial charge in [-0.15, -0.1) is 0 Å². The SMILES string of the molecule is O=C1C(=O)N(Cc2cccc(C(F)(F)F)c2)C2CC=CC=C12. The van der Waals surface area contributed by atoms with Crippen molar-refractivity contribution in [2.45, 2.75) is 25.2 Å². The van der Waals surface area contributed by atoms with Crippen LogP contribution in [-0.4, -0.2) is 22.6 Å². The molecule has 1 amide bonds. The number of carbonyl (C=O) groups is 2. The summed E-state index contributed by atoms with van der Waals surface area (Å²) in [5, 5.41) is 0. The standard InChI is InChI=1S/C16H12F3NO2/c17-16(18,19)11-5-3-4-10(8-11)9-20-13-7-2-1-6-12(13)14(21)15(20)22/h1-6,8,13H,7,9H2. The van der Waals surface area contributed by atoms with Gasteiger partial charge in [0.1, 0.15) is 0 Å². The number of hydrogen-bond donors (Lipinski definition) is 0. The van der Waals surface area contributed by atoms with Gasteiger partial charge in [0.05, 0.1) is 11.6 Å². The summed E-state index contributed by atoms with van der Waals surface area (Å²) in [5.74, 6) is -1.22. The van der Waals surface area contributed by atoms with E-state index in [-0.39, 0.29) is 12.6 Å². The van der Waals surface area contributed by atoms with Crippen LogP contribution in [0, 0.1) is 0 Å². The van der Waals surface area contributed by atoms with Crippen LogP contribution in [0.4, 0.5) is 13.2 Å². The van der Waals surface area contributed by atoms with Gasteiger partial charge in [0.15, 0.2) is 0 Å². The predicted octanol–water partition coefficient (Wildman–Crippen LogP) is 2.87. The van der Waals surface area contributed by atoms with E-state index < -0.39 is 23.4 Å². The van der Waals surface area contributed by atoms with Crippen LogP contribution in [0.2, 0.25) is 0 Å². The normalized spacial score (nSPS) is 21.1. The maximum Gasteiger partial charge on any atom is 0.416 e. The second kappa shape index (κ2) is 5.12. The number of benzene rings is 1. The molecule has 1 aliphatic heterocycles. The first-order chi connectivity index (χ1) is 10.4. The molecule has 114 valence electrons. The first-order valence-corrected chi connectivity index (χ1v) is 6.76. The molecule has 1 atom stereocenters. The second-order valence-electron chi connectivity index (χ2n) is 5.26. The molecule has 1 aromatic rings. The number of halogens is 3. The quantitative estimate of drug-likeness (QED) is 0.788. The van der Waals surface area contributed by atoms with E-state index in [1.54, 1.807) is 12.2 Å². The number of carbonyl (C=O) groups excluding carboxylic acids is 2. The number of alkyl halides is 3. The third kappa shape index (κ3) is 2.45. The molecule has 6 heteroatoms. The van der Waals surface area contributed by atoms with E-state index in [1.807, 2.05) is 6.08 Å². The molecule has 1 fully saturated rings. The van der Waals surface area contributed by atoms with Crippen LogP contribution >= 0.6 is 0 Å². The highest BCUT2D eigenvalue weighted by Crippen LogP contribution is 2.32. The fourth-order valence-electron chi connectivity index (χ4n) is 2.76. The Labute approximate surface area is 124 Å². The Morgan fingerprint density at radius 2 is 2.00 bits per heavy atom. The maximum absolute atomic E-state index is 12.7. The third-order valence-corrected chi connectivity index (χ3v) is 3.83. The minimum atomic E-state index is -4.43. The highest BCUT2D eigenvalue weighted by molar-refractivity contribution is 6.45. The smallest absolute Gasteiger partial charge is 0.324 e. The Hall–Kier alpha value is -2.37. The van der Waals surface area contributed by atoms with Gasteiger partial charge in [-0.3, -0.25) is 9.59 Å². The van der Waals surface area contributed by atoms with Crippen molar-refractivity contribution < 1.29 is 22.8 Å². The summed E-state index contributed by atoms with van der Waals surface area (Å²) in [6.07, 6.45) is 1.21. The Morgan fingerprint density at radius 1 is 1.23 bits per heavy atom. The van der Waals surface area contributed by atoms with E-state index in [0.717, 1.165) is 12.1 Å². The lowest BCUT2D eigenvalue weighted by molar-refractivity contribution is -0.140. The highest BCUT2D eigenvalue weighted by Gasteiger charge is 2.42. The maximum atomic E-state index is 12.7. The monoisotopic (exact) mass is 307 g/mol. The fourth-order valence-corrected chi connectivity index (χ4v) is 2.76. The largest absolute Gasteiger partial charge is 0.416 e. The highest BCUT2D eigenvalue weighted by atomic mass is 19.4. The number of ketones is 1. The van der Waals surface area contributed by atoms with E-state index in [2.05, 4.69) is 0 Å². The second-order valence-corrected chi connectivity index (χ2v) is 5.26. The van der Waals surface area contributed by atoms with Crippen molar-refractivity contribution >= 4 is 11.7 Å². The Kier molecular flexibility index (Phi) is 3.39. The van der Waals surface area contributed by atoms with E-state index in [1.165, 1.54) is 17.0 Å². The van der Waals surface area contributed by atoms with Crippen LogP contribution in [0.15, 0.2) is 48.1 Å². The Balaban J connectivity index is 1.87. The van der Waals surface area contributed by atoms with Gasteiger partial charge in [0.2, 0.25) is 5.78 Å². The number of allylic oxidation sites excluding steroid dienone is 2. The molecule has 0 bridgehead atoms. The van der Waals surface area contributed by atoms with Gasteiger partial charge in [-0.25, -0.2) is 0 Å². The number of Topliss-reactive ketones (excluding diaryl/α,β-unsaturated/α-hetero) is 1. The number of likely N-dealkylation sites (tertiary alicyclic amines) is 1. The number of fused-ring (bicyclic) bond motifs is 1. The molecule has 1 unspecified atom stereocenters. The van der Waals surface area contributed by atoms with Crippen LogP contribution in [0.25, 0.3) is 0 Å². The molecule has 0 aromatic heterocycles. The van der Waals surface area contributed by atoms with Crippen LogP contribution in [-0.2, 0) is 22.3 Å². The van der Waals surface area contributed by atoms with Gasteiger partial charge in [0, 0.05) is 12.1 Å². The summed E-state index contributed by atoms with van der Waals surface area (Å²) in [6.45, 7) is -0.00958. The molecule has 1 saturated heterocycles. The summed E-state index contributed by atoms with van der Waals surface area (Å²) in [6, 6.07) is 4.44. The van der Waals surface area contributed by atoms with E-state index >= 15 is 0 Å². The molecular weight excluding hydrogens is 295 g/mol. The molecule has 1 heterocycles. The molecule has 0 saturated carbocycles. The van der Waals surface area contributed by atoms with Gasteiger partial charge in [-0.05, 0) is 24.1 Å². The molecular formula is C16H12F3NO2. The van der Waals surface area contributed by atoms with E-state index in [4.69, 9.17) is 0 Å². The summed E-state index contributed by atoms with van der Waals surface area (Å²) in [7, 11) is 0. The van der Waals surface area contributed by atoms with E-state index in [0.29, 0.717) is 17.6 Å². The first-order valence-electron chi connectivity index (χ1n) is 6.76. The first kappa shape index (κ1) is 14.6. The average Bonchev–Trinajstić information content (AvgIpc) is 2.72. The molecule has 1 aliphatic carbocycles. The summed E-state index contributed by atoms with van der Waals surface area (Å²) in [5.41, 5.74) is 0.00790. The number of nitrogens with zero attached hydrogens (tertiary/aromatic N) is 1. The molecule has 22 heavy (non-hydrogen) atoms. The average molecular weight is 307 g/mol. The zero-order valence-corrected chi connectivity index (χ0v) is 11.4. The molecule has 2 aliphatic rings. The summed E-state index contributed by atoms with van der Waals surface area (Å²) >= 11 is 0. The molecule has 1 aromatic carbocycles. The topological polar surface area (TPSA) is 37.4 Å². The molecule has 0 spiro atoms.